The van der Waals surface area contributed by atoms with Gasteiger partial charge in [-0.25, -0.2) is 18.2 Å². The van der Waals surface area contributed by atoms with Crippen LogP contribution < -0.4 is 4.74 Å². The fourth-order valence-corrected chi connectivity index (χ4v) is 1.20. The van der Waals surface area contributed by atoms with E-state index in [1.54, 1.807) is 0 Å². The summed E-state index contributed by atoms with van der Waals surface area (Å²) in [6, 6.07) is 0. The summed E-state index contributed by atoms with van der Waals surface area (Å²) >= 11 is 0. The van der Waals surface area contributed by atoms with Crippen molar-refractivity contribution in [2.75, 3.05) is 7.11 Å². The van der Waals surface area contributed by atoms with Gasteiger partial charge in [-0.15, -0.1) is 0 Å². The Kier molecular flexibility index (Phi) is 3.70. The Labute approximate surface area is 88.7 Å². The van der Waals surface area contributed by atoms with Gasteiger partial charge in [0.05, 0.1) is 19.1 Å². The second-order valence-corrected chi connectivity index (χ2v) is 2.89. The molecule has 1 heterocycles. The predicted octanol–water partition coefficient (Wildman–Crippen LogP) is 1.79. The van der Waals surface area contributed by atoms with E-state index in [9.17, 15) is 18.0 Å². The van der Waals surface area contributed by atoms with E-state index in [4.69, 9.17) is 5.11 Å². The molecule has 0 amide bonds. The van der Waals surface area contributed by atoms with Gasteiger partial charge in [-0.2, -0.15) is 0 Å². The van der Waals surface area contributed by atoms with Gasteiger partial charge in [-0.05, 0) is 5.56 Å². The molecule has 0 saturated heterocycles. The zero-order valence-electron chi connectivity index (χ0n) is 8.21. The van der Waals surface area contributed by atoms with Crippen molar-refractivity contribution >= 4 is 5.97 Å². The third kappa shape index (κ3) is 2.41. The van der Waals surface area contributed by atoms with E-state index in [2.05, 4.69) is 9.72 Å². The Morgan fingerprint density at radius 1 is 1.62 bits per heavy atom. The van der Waals surface area contributed by atoms with Gasteiger partial charge in [0.1, 0.15) is 0 Å². The molecule has 7 heteroatoms. The van der Waals surface area contributed by atoms with Gasteiger partial charge in [0, 0.05) is 6.20 Å². The third-order valence-corrected chi connectivity index (χ3v) is 1.86. The number of nitrogens with zero attached hydrogens (tertiary/aromatic N) is 1. The number of carboxylic acids is 1. The van der Waals surface area contributed by atoms with E-state index in [-0.39, 0.29) is 5.56 Å². The SMILES string of the molecule is COc1ncc(CC(=O)O)c(C(F)F)c1F. The summed E-state index contributed by atoms with van der Waals surface area (Å²) in [5, 5.41) is 8.46. The maximum atomic E-state index is 13.4. The lowest BCUT2D eigenvalue weighted by Gasteiger charge is -2.10. The van der Waals surface area contributed by atoms with E-state index in [1.165, 1.54) is 0 Å². The molecule has 1 aromatic heterocycles. The van der Waals surface area contributed by atoms with Crippen molar-refractivity contribution in [2.24, 2.45) is 0 Å². The molecule has 0 aromatic carbocycles. The van der Waals surface area contributed by atoms with Crippen molar-refractivity contribution in [1.29, 1.82) is 0 Å². The predicted molar refractivity (Wildman–Crippen MR) is 47.0 cm³/mol. The van der Waals surface area contributed by atoms with Crippen LogP contribution in [0.2, 0.25) is 0 Å². The van der Waals surface area contributed by atoms with Crippen molar-refractivity contribution in [3.8, 4) is 5.88 Å². The van der Waals surface area contributed by atoms with E-state index in [0.717, 1.165) is 13.3 Å². The minimum Gasteiger partial charge on any atom is -0.481 e. The van der Waals surface area contributed by atoms with Crippen LogP contribution in [0.1, 0.15) is 17.6 Å². The Balaban J connectivity index is 3.28. The number of hydrogen-bond donors (Lipinski definition) is 1. The van der Waals surface area contributed by atoms with Crippen LogP contribution in [0.25, 0.3) is 0 Å². The van der Waals surface area contributed by atoms with Crippen molar-refractivity contribution in [3.05, 3.63) is 23.1 Å². The molecule has 16 heavy (non-hydrogen) atoms. The molecule has 0 radical (unpaired) electrons. The number of ether oxygens (including phenoxy) is 1. The van der Waals surface area contributed by atoms with Gasteiger partial charge in [-0.3, -0.25) is 4.79 Å². The first kappa shape index (κ1) is 12.3. The number of aliphatic carboxylic acids is 1. The van der Waals surface area contributed by atoms with Crippen LogP contribution in [-0.2, 0) is 11.2 Å². The molecule has 0 aliphatic carbocycles. The van der Waals surface area contributed by atoms with E-state index < -0.39 is 36.1 Å². The third-order valence-electron chi connectivity index (χ3n) is 1.86. The summed E-state index contributed by atoms with van der Waals surface area (Å²) in [4.78, 5) is 13.8. The normalized spacial score (nSPS) is 10.6. The van der Waals surface area contributed by atoms with Gasteiger partial charge in [0.15, 0.2) is 5.82 Å². The highest BCUT2D eigenvalue weighted by Gasteiger charge is 2.24. The number of carbonyl (C=O) groups is 1. The first-order valence-electron chi connectivity index (χ1n) is 4.18. The monoisotopic (exact) mass is 235 g/mol. The second-order valence-electron chi connectivity index (χ2n) is 2.89. The van der Waals surface area contributed by atoms with Crippen LogP contribution >= 0.6 is 0 Å². The Hall–Kier alpha value is -1.79. The van der Waals surface area contributed by atoms with Crippen molar-refractivity contribution in [2.45, 2.75) is 12.8 Å². The molecular weight excluding hydrogens is 227 g/mol. The number of pyridine rings is 1. The molecule has 1 N–H and O–H groups in total. The number of methoxy groups -OCH3 is 1. The lowest BCUT2D eigenvalue weighted by atomic mass is 10.1. The number of aromatic nitrogens is 1. The smallest absolute Gasteiger partial charge is 0.307 e. The Morgan fingerprint density at radius 3 is 2.69 bits per heavy atom. The highest BCUT2D eigenvalue weighted by molar-refractivity contribution is 5.70. The van der Waals surface area contributed by atoms with Crippen LogP contribution in [0.5, 0.6) is 5.88 Å². The summed E-state index contributed by atoms with van der Waals surface area (Å²) in [5.41, 5.74) is -1.34. The number of rotatable bonds is 4. The largest absolute Gasteiger partial charge is 0.481 e. The molecule has 88 valence electrons. The topological polar surface area (TPSA) is 59.4 Å². The standard InChI is InChI=1S/C9H8F3NO3/c1-16-9-7(10)6(8(11)12)4(3-13-9)2-5(14)15/h3,8H,2H2,1H3,(H,14,15). The van der Waals surface area contributed by atoms with Crippen LogP contribution in [0, 0.1) is 5.82 Å². The Bertz CT molecular complexity index is 409. The van der Waals surface area contributed by atoms with Crippen molar-refractivity contribution in [1.82, 2.24) is 4.98 Å². The first-order valence-corrected chi connectivity index (χ1v) is 4.18. The zero-order valence-corrected chi connectivity index (χ0v) is 8.21. The van der Waals surface area contributed by atoms with Crippen LogP contribution in [-0.4, -0.2) is 23.2 Å². The average molecular weight is 235 g/mol. The van der Waals surface area contributed by atoms with Gasteiger partial charge in [-0.1, -0.05) is 0 Å². The molecule has 0 fully saturated rings. The minimum absolute atomic E-state index is 0.360. The fourth-order valence-electron chi connectivity index (χ4n) is 1.20. The molecule has 0 saturated carbocycles. The second kappa shape index (κ2) is 4.82. The molecule has 0 spiro atoms. The molecule has 0 aliphatic rings. The molecule has 1 aromatic rings. The Morgan fingerprint density at radius 2 is 2.25 bits per heavy atom. The summed E-state index contributed by atoms with van der Waals surface area (Å²) < 4.78 is 42.9. The maximum absolute atomic E-state index is 13.4. The van der Waals surface area contributed by atoms with E-state index >= 15 is 0 Å². The van der Waals surface area contributed by atoms with Crippen molar-refractivity contribution in [3.63, 3.8) is 0 Å². The molecule has 0 atom stereocenters. The number of carboxylic acid groups (broad SMARTS) is 1. The fraction of sp³-hybridized carbons (Fsp3) is 0.333. The number of hydrogen-bond acceptors (Lipinski definition) is 3. The average Bonchev–Trinajstić information content (AvgIpc) is 2.16. The molecule has 0 aliphatic heterocycles. The van der Waals surface area contributed by atoms with Crippen LogP contribution in [0.3, 0.4) is 0 Å². The first-order chi connectivity index (χ1) is 7.47. The number of alkyl halides is 2. The zero-order chi connectivity index (χ0) is 12.3. The van der Waals surface area contributed by atoms with Crippen LogP contribution in [0.15, 0.2) is 6.20 Å². The van der Waals surface area contributed by atoms with Gasteiger partial charge >= 0.3 is 5.97 Å². The summed E-state index contributed by atoms with van der Waals surface area (Å²) in [6.07, 6.45) is -2.96. The lowest BCUT2D eigenvalue weighted by Crippen LogP contribution is -2.08. The minimum atomic E-state index is -3.12. The van der Waals surface area contributed by atoms with Gasteiger partial charge in [0.25, 0.3) is 12.3 Å². The molecule has 1 rings (SSSR count). The molecule has 0 unspecified atom stereocenters. The maximum Gasteiger partial charge on any atom is 0.307 e. The van der Waals surface area contributed by atoms with Gasteiger partial charge < -0.3 is 9.84 Å². The van der Waals surface area contributed by atoms with Gasteiger partial charge in [0.2, 0.25) is 0 Å². The summed E-state index contributed by atoms with van der Waals surface area (Å²) in [5.74, 6) is -3.24. The van der Waals surface area contributed by atoms with E-state index in [0.29, 0.717) is 0 Å². The molecule has 4 nitrogen and oxygen atoms in total. The lowest BCUT2D eigenvalue weighted by molar-refractivity contribution is -0.136. The highest BCUT2D eigenvalue weighted by atomic mass is 19.3. The molecule has 0 bridgehead atoms. The number of halogens is 3. The summed E-state index contributed by atoms with van der Waals surface area (Å²) in [7, 11) is 1.08. The quantitative estimate of drug-likeness (QED) is 0.864. The molecular formula is C9H8F3NO3. The van der Waals surface area contributed by atoms with Crippen LogP contribution in [0.4, 0.5) is 13.2 Å². The summed E-state index contributed by atoms with van der Waals surface area (Å²) in [6.45, 7) is 0. The van der Waals surface area contributed by atoms with Crippen molar-refractivity contribution < 1.29 is 27.8 Å². The highest BCUT2D eigenvalue weighted by Crippen LogP contribution is 2.30. The van der Waals surface area contributed by atoms with E-state index in [1.807, 2.05) is 0 Å².